The van der Waals surface area contributed by atoms with Crippen molar-refractivity contribution in [3.63, 3.8) is 0 Å². The zero-order chi connectivity index (χ0) is 21.8. The number of nitrogens with one attached hydrogen (secondary N) is 2. The molecular weight excluding hydrogens is 403 g/mol. The maximum atomic E-state index is 14.2. The minimum atomic E-state index is -0.332. The van der Waals surface area contributed by atoms with E-state index in [4.69, 9.17) is 9.47 Å². The highest BCUT2D eigenvalue weighted by atomic mass is 19.1. The van der Waals surface area contributed by atoms with E-state index in [-0.39, 0.29) is 48.0 Å². The average Bonchev–Trinajstić information content (AvgIpc) is 3.35. The van der Waals surface area contributed by atoms with Crippen molar-refractivity contribution < 1.29 is 23.5 Å². The molecule has 1 aliphatic carbocycles. The fraction of sp³-hybridized carbons (Fsp3) is 0.682. The monoisotopic (exact) mass is 434 g/mol. The van der Waals surface area contributed by atoms with E-state index < -0.39 is 0 Å². The molecule has 2 amide bonds. The number of hydrogen-bond acceptors (Lipinski definition) is 6. The highest BCUT2D eigenvalue weighted by molar-refractivity contribution is 5.77. The van der Waals surface area contributed by atoms with E-state index in [0.29, 0.717) is 50.9 Å². The van der Waals surface area contributed by atoms with Crippen molar-refractivity contribution >= 4 is 11.8 Å². The summed E-state index contributed by atoms with van der Waals surface area (Å²) in [7, 11) is 1.59. The first-order valence-electron chi connectivity index (χ1n) is 11.0. The van der Waals surface area contributed by atoms with Gasteiger partial charge in [0.1, 0.15) is 5.82 Å². The van der Waals surface area contributed by atoms with Gasteiger partial charge in [-0.2, -0.15) is 0 Å². The summed E-state index contributed by atoms with van der Waals surface area (Å²) in [5.41, 5.74) is 0.581. The third-order valence-electron chi connectivity index (χ3n) is 6.47. The molecule has 0 aromatic carbocycles. The van der Waals surface area contributed by atoms with E-state index in [2.05, 4.69) is 20.5 Å². The fourth-order valence-electron chi connectivity index (χ4n) is 4.85. The number of pyridine rings is 1. The largest absolute Gasteiger partial charge is 0.383 e. The molecular formula is C22H31FN4O4. The number of amides is 2. The van der Waals surface area contributed by atoms with Crippen LogP contribution in [0.3, 0.4) is 0 Å². The predicted octanol–water partition coefficient (Wildman–Crippen LogP) is 0.858. The van der Waals surface area contributed by atoms with Gasteiger partial charge in [-0.05, 0) is 24.8 Å². The van der Waals surface area contributed by atoms with Crippen LogP contribution in [0.4, 0.5) is 4.39 Å². The number of likely N-dealkylation sites (tertiary alicyclic amines) is 1. The summed E-state index contributed by atoms with van der Waals surface area (Å²) < 4.78 is 25.2. The van der Waals surface area contributed by atoms with E-state index in [1.165, 1.54) is 6.20 Å². The molecule has 2 saturated heterocycles. The average molecular weight is 435 g/mol. The van der Waals surface area contributed by atoms with Gasteiger partial charge in [-0.25, -0.2) is 4.39 Å². The number of carbonyl (C=O) groups is 2. The second kappa shape index (κ2) is 10.0. The number of hydrogen-bond donors (Lipinski definition) is 2. The summed E-state index contributed by atoms with van der Waals surface area (Å²) in [6, 6.07) is 2.06. The molecule has 170 valence electrons. The Bertz CT molecular complexity index is 791. The summed E-state index contributed by atoms with van der Waals surface area (Å²) in [6.45, 7) is 2.51. The standard InChI is InChI=1S/C22H31FN4O4/c1-30-7-6-25-20(28)9-19-22-15(8-21(29)26-16-2-3-16)12-27(18(22)13-31-19)11-14-4-5-24-10-17(14)23/h4-5,10,15-16,18-19,22H,2-3,6-9,11-13H2,1H3,(H,25,28)(H,26,29)/t15-,18-,19+,22-/m1/s1. The van der Waals surface area contributed by atoms with Crippen LogP contribution in [-0.4, -0.2) is 73.3 Å². The lowest BCUT2D eigenvalue weighted by molar-refractivity contribution is -0.124. The number of ether oxygens (including phenoxy) is 2. The number of nitrogens with zero attached hydrogens (tertiary/aromatic N) is 2. The Hall–Kier alpha value is -2.10. The van der Waals surface area contributed by atoms with Crippen molar-refractivity contribution in [3.8, 4) is 0 Å². The zero-order valence-corrected chi connectivity index (χ0v) is 17.9. The maximum absolute atomic E-state index is 14.2. The van der Waals surface area contributed by atoms with E-state index in [9.17, 15) is 14.0 Å². The second-order valence-electron chi connectivity index (χ2n) is 8.77. The normalized spacial score (nSPS) is 27.8. The smallest absolute Gasteiger partial charge is 0.222 e. The molecule has 0 unspecified atom stereocenters. The SMILES string of the molecule is COCCNC(=O)C[C@@H]1OC[C@@H]2[C@H]1[C@H](CC(=O)NC1CC1)CN2Cc1ccncc1F. The van der Waals surface area contributed by atoms with Crippen molar-refractivity contribution in [2.75, 3.05) is 33.4 Å². The van der Waals surface area contributed by atoms with Crippen LogP contribution in [0.15, 0.2) is 18.5 Å². The number of aromatic nitrogens is 1. The first kappa shape index (κ1) is 22.1. The molecule has 1 saturated carbocycles. The molecule has 0 bridgehead atoms. The molecule has 3 fully saturated rings. The van der Waals surface area contributed by atoms with Crippen LogP contribution in [0, 0.1) is 17.7 Å². The molecule has 1 aromatic heterocycles. The van der Waals surface area contributed by atoms with Gasteiger partial charge >= 0.3 is 0 Å². The Morgan fingerprint density at radius 1 is 1.32 bits per heavy atom. The molecule has 3 aliphatic rings. The molecule has 8 nitrogen and oxygen atoms in total. The fourth-order valence-corrected chi connectivity index (χ4v) is 4.85. The van der Waals surface area contributed by atoms with E-state index in [1.807, 2.05) is 0 Å². The van der Waals surface area contributed by atoms with Crippen molar-refractivity contribution in [2.24, 2.45) is 11.8 Å². The molecule has 4 atom stereocenters. The van der Waals surface area contributed by atoms with Gasteiger partial charge in [0.05, 0.1) is 31.9 Å². The van der Waals surface area contributed by atoms with Crippen LogP contribution in [0.5, 0.6) is 0 Å². The summed E-state index contributed by atoms with van der Waals surface area (Å²) in [5.74, 6) is -0.237. The molecule has 3 heterocycles. The van der Waals surface area contributed by atoms with E-state index >= 15 is 0 Å². The van der Waals surface area contributed by atoms with Crippen LogP contribution in [-0.2, 0) is 25.6 Å². The van der Waals surface area contributed by atoms with Gasteiger partial charge in [0, 0.05) is 62.9 Å². The molecule has 2 aliphatic heterocycles. The van der Waals surface area contributed by atoms with Crippen LogP contribution >= 0.6 is 0 Å². The molecule has 0 spiro atoms. The Morgan fingerprint density at radius 2 is 2.16 bits per heavy atom. The summed E-state index contributed by atoms with van der Waals surface area (Å²) in [5, 5.41) is 5.91. The summed E-state index contributed by atoms with van der Waals surface area (Å²) in [4.78, 5) is 30.9. The Balaban J connectivity index is 1.43. The number of halogens is 1. The molecule has 2 N–H and O–H groups in total. The van der Waals surface area contributed by atoms with Gasteiger partial charge in [0.2, 0.25) is 11.8 Å². The third-order valence-corrected chi connectivity index (χ3v) is 6.47. The van der Waals surface area contributed by atoms with Gasteiger partial charge in [0.25, 0.3) is 0 Å². The molecule has 31 heavy (non-hydrogen) atoms. The van der Waals surface area contributed by atoms with Crippen LogP contribution in [0.2, 0.25) is 0 Å². The van der Waals surface area contributed by atoms with Crippen molar-refractivity contribution in [1.82, 2.24) is 20.5 Å². The Kier molecular flexibility index (Phi) is 7.14. The Labute approximate surface area is 181 Å². The lowest BCUT2D eigenvalue weighted by Crippen LogP contribution is -2.36. The lowest BCUT2D eigenvalue weighted by atomic mass is 9.84. The van der Waals surface area contributed by atoms with Crippen LogP contribution < -0.4 is 10.6 Å². The maximum Gasteiger partial charge on any atom is 0.222 e. The van der Waals surface area contributed by atoms with E-state index in [0.717, 1.165) is 12.8 Å². The topological polar surface area (TPSA) is 92.8 Å². The number of fused-ring (bicyclic) bond motifs is 1. The number of methoxy groups -OCH3 is 1. The van der Waals surface area contributed by atoms with Crippen LogP contribution in [0.25, 0.3) is 0 Å². The first-order valence-corrected chi connectivity index (χ1v) is 11.0. The molecule has 1 aromatic rings. The number of carbonyl (C=O) groups excluding carboxylic acids is 2. The minimum Gasteiger partial charge on any atom is -0.383 e. The first-order chi connectivity index (χ1) is 15.0. The molecule has 4 rings (SSSR count). The minimum absolute atomic E-state index is 0.0541. The summed E-state index contributed by atoms with van der Waals surface area (Å²) in [6.07, 6.45) is 5.30. The van der Waals surface area contributed by atoms with Crippen LogP contribution in [0.1, 0.15) is 31.2 Å². The quantitative estimate of drug-likeness (QED) is 0.531. The third kappa shape index (κ3) is 5.58. The Morgan fingerprint density at radius 3 is 2.90 bits per heavy atom. The van der Waals surface area contributed by atoms with Gasteiger partial charge in [-0.15, -0.1) is 0 Å². The summed E-state index contributed by atoms with van der Waals surface area (Å²) >= 11 is 0. The van der Waals surface area contributed by atoms with Gasteiger partial charge in [-0.3, -0.25) is 19.5 Å². The lowest BCUT2D eigenvalue weighted by Gasteiger charge is -2.23. The highest BCUT2D eigenvalue weighted by Crippen LogP contribution is 2.42. The van der Waals surface area contributed by atoms with Crippen molar-refractivity contribution in [2.45, 2.75) is 50.4 Å². The van der Waals surface area contributed by atoms with Gasteiger partial charge < -0.3 is 20.1 Å². The molecule has 0 radical (unpaired) electrons. The molecule has 9 heteroatoms. The highest BCUT2D eigenvalue weighted by Gasteiger charge is 2.51. The number of rotatable bonds is 10. The predicted molar refractivity (Wildman–Crippen MR) is 110 cm³/mol. The van der Waals surface area contributed by atoms with Crippen molar-refractivity contribution in [1.29, 1.82) is 0 Å². The second-order valence-corrected chi connectivity index (χ2v) is 8.77. The van der Waals surface area contributed by atoms with Gasteiger partial charge in [-0.1, -0.05) is 0 Å². The zero-order valence-electron chi connectivity index (χ0n) is 17.9. The van der Waals surface area contributed by atoms with E-state index in [1.54, 1.807) is 19.4 Å². The van der Waals surface area contributed by atoms with Gasteiger partial charge in [0.15, 0.2) is 0 Å². The van der Waals surface area contributed by atoms with Crippen molar-refractivity contribution in [3.05, 3.63) is 29.8 Å².